The molecule has 1 saturated heterocycles. The molecule has 1 aromatic heterocycles. The molecule has 0 aromatic carbocycles. The van der Waals surface area contributed by atoms with Crippen LogP contribution in [0.2, 0.25) is 0 Å². The molecule has 0 radical (unpaired) electrons. The number of pyridine rings is 1. The van der Waals surface area contributed by atoms with E-state index in [9.17, 15) is 8.42 Å². The molecule has 5 nitrogen and oxygen atoms in total. The molecule has 2 aliphatic rings. The average molecular weight is 327 g/mol. The van der Waals surface area contributed by atoms with Gasteiger partial charge >= 0.3 is 0 Å². The van der Waals surface area contributed by atoms with Crippen LogP contribution < -0.4 is 5.32 Å². The predicted octanol–water partition coefficient (Wildman–Crippen LogP) is 2.17. The monoisotopic (exact) mass is 327 g/mol. The Morgan fingerprint density at radius 1 is 1.33 bits per heavy atom. The number of anilines is 1. The summed E-state index contributed by atoms with van der Waals surface area (Å²) >= 11 is 1.89. The number of nitrogens with zero attached hydrogens (tertiary/aromatic N) is 2. The van der Waals surface area contributed by atoms with E-state index in [1.165, 1.54) is 19.0 Å². The second kappa shape index (κ2) is 5.78. The van der Waals surface area contributed by atoms with E-state index in [0.29, 0.717) is 22.7 Å². The van der Waals surface area contributed by atoms with Crippen molar-refractivity contribution < 1.29 is 8.42 Å². The molecule has 7 heteroatoms. The molecule has 2 fully saturated rings. The number of thioether (sulfide) groups is 1. The Kier molecular flexibility index (Phi) is 4.16. The van der Waals surface area contributed by atoms with E-state index >= 15 is 0 Å². The van der Waals surface area contributed by atoms with Crippen LogP contribution in [0.5, 0.6) is 0 Å². The Labute approximate surface area is 130 Å². The molecule has 1 aliphatic carbocycles. The zero-order chi connectivity index (χ0) is 14.9. The van der Waals surface area contributed by atoms with Gasteiger partial charge in [0.15, 0.2) is 0 Å². The summed E-state index contributed by atoms with van der Waals surface area (Å²) in [6.07, 6.45) is 7.97. The standard InChI is InChI=1S/C14H21N3O2S2/c1-20-14(6-7-14)11-16-13-5-4-12(10-15-13)21(18,19)17-8-2-3-9-17/h4-5,10H,2-3,6-9,11H2,1H3,(H,15,16). The summed E-state index contributed by atoms with van der Waals surface area (Å²) in [6.45, 7) is 2.14. The molecule has 0 amide bonds. The molecule has 0 atom stereocenters. The third-order valence-corrected chi connectivity index (χ3v) is 7.57. The van der Waals surface area contributed by atoms with E-state index in [4.69, 9.17) is 0 Å². The first-order valence-corrected chi connectivity index (χ1v) is 9.98. The first kappa shape index (κ1) is 15.1. The zero-order valence-electron chi connectivity index (χ0n) is 12.2. The minimum atomic E-state index is -3.35. The van der Waals surface area contributed by atoms with Gasteiger partial charge < -0.3 is 5.32 Å². The largest absolute Gasteiger partial charge is 0.369 e. The molecule has 116 valence electrons. The maximum atomic E-state index is 12.4. The van der Waals surface area contributed by atoms with E-state index in [1.807, 2.05) is 11.8 Å². The van der Waals surface area contributed by atoms with Crippen molar-refractivity contribution in [1.29, 1.82) is 0 Å². The normalized spacial score (nSPS) is 21.4. The maximum absolute atomic E-state index is 12.4. The molecule has 0 spiro atoms. The Hall–Kier alpha value is -0.790. The summed E-state index contributed by atoms with van der Waals surface area (Å²) in [7, 11) is -3.35. The Morgan fingerprint density at radius 2 is 2.05 bits per heavy atom. The summed E-state index contributed by atoms with van der Waals surface area (Å²) in [5.74, 6) is 0.746. The van der Waals surface area contributed by atoms with Gasteiger partial charge in [-0.1, -0.05) is 0 Å². The van der Waals surface area contributed by atoms with E-state index in [-0.39, 0.29) is 0 Å². The third kappa shape index (κ3) is 3.19. The summed E-state index contributed by atoms with van der Waals surface area (Å²) in [6, 6.07) is 3.42. The van der Waals surface area contributed by atoms with Crippen molar-refractivity contribution in [1.82, 2.24) is 9.29 Å². The zero-order valence-corrected chi connectivity index (χ0v) is 13.8. The van der Waals surface area contributed by atoms with Gasteiger partial charge in [0.2, 0.25) is 10.0 Å². The highest BCUT2D eigenvalue weighted by Crippen LogP contribution is 2.46. The van der Waals surface area contributed by atoms with Gasteiger partial charge in [-0.25, -0.2) is 13.4 Å². The van der Waals surface area contributed by atoms with Crippen molar-refractivity contribution in [3.8, 4) is 0 Å². The molecule has 1 aliphatic heterocycles. The fourth-order valence-electron chi connectivity index (χ4n) is 2.56. The number of rotatable bonds is 6. The summed E-state index contributed by atoms with van der Waals surface area (Å²) in [4.78, 5) is 4.55. The quantitative estimate of drug-likeness (QED) is 0.867. The molecule has 1 aromatic rings. The third-order valence-electron chi connectivity index (χ3n) is 4.27. The highest BCUT2D eigenvalue weighted by Gasteiger charge is 2.41. The van der Waals surface area contributed by atoms with Crippen LogP contribution in [-0.2, 0) is 10.0 Å². The maximum Gasteiger partial charge on any atom is 0.244 e. The van der Waals surface area contributed by atoms with E-state index in [0.717, 1.165) is 25.2 Å². The lowest BCUT2D eigenvalue weighted by molar-refractivity contribution is 0.477. The summed E-state index contributed by atoms with van der Waals surface area (Å²) in [5.41, 5.74) is 0. The Balaban J connectivity index is 1.66. The van der Waals surface area contributed by atoms with Gasteiger partial charge in [0.05, 0.1) is 0 Å². The highest BCUT2D eigenvalue weighted by atomic mass is 32.2. The SMILES string of the molecule is CSC1(CNc2ccc(S(=O)(=O)N3CCCC3)cn2)CC1. The summed E-state index contributed by atoms with van der Waals surface area (Å²) in [5, 5.41) is 3.31. The van der Waals surface area contributed by atoms with Crippen LogP contribution in [0.25, 0.3) is 0 Å². The van der Waals surface area contributed by atoms with Crippen molar-refractivity contribution in [3.05, 3.63) is 18.3 Å². The number of hydrogen-bond acceptors (Lipinski definition) is 5. The first-order valence-electron chi connectivity index (χ1n) is 7.31. The van der Waals surface area contributed by atoms with Crippen LogP contribution in [0.1, 0.15) is 25.7 Å². The van der Waals surface area contributed by atoms with E-state index in [1.54, 1.807) is 16.4 Å². The molecule has 21 heavy (non-hydrogen) atoms. The van der Waals surface area contributed by atoms with Gasteiger partial charge in [-0.2, -0.15) is 16.1 Å². The number of nitrogens with one attached hydrogen (secondary N) is 1. The predicted molar refractivity (Wildman–Crippen MR) is 86.2 cm³/mol. The number of aromatic nitrogens is 1. The molecular formula is C14H21N3O2S2. The second-order valence-electron chi connectivity index (χ2n) is 5.73. The summed E-state index contributed by atoms with van der Waals surface area (Å²) < 4.78 is 26.7. The van der Waals surface area contributed by atoms with Gasteiger partial charge in [0.25, 0.3) is 0 Å². The fourth-order valence-corrected chi connectivity index (χ4v) is 4.75. The van der Waals surface area contributed by atoms with Crippen LogP contribution in [0.4, 0.5) is 5.82 Å². The van der Waals surface area contributed by atoms with Crippen LogP contribution in [0.3, 0.4) is 0 Å². The van der Waals surface area contributed by atoms with Gasteiger partial charge in [-0.05, 0) is 44.1 Å². The Morgan fingerprint density at radius 3 is 2.57 bits per heavy atom. The molecule has 1 N–H and O–H groups in total. The minimum absolute atomic E-state index is 0.293. The second-order valence-corrected chi connectivity index (χ2v) is 8.94. The van der Waals surface area contributed by atoms with Gasteiger partial charge in [0.1, 0.15) is 10.7 Å². The molecule has 2 heterocycles. The smallest absolute Gasteiger partial charge is 0.244 e. The van der Waals surface area contributed by atoms with Gasteiger partial charge in [-0.3, -0.25) is 0 Å². The lowest BCUT2D eigenvalue weighted by Crippen LogP contribution is -2.28. The van der Waals surface area contributed by atoms with E-state index < -0.39 is 10.0 Å². The van der Waals surface area contributed by atoms with Crippen molar-refractivity contribution in [2.75, 3.05) is 31.2 Å². The van der Waals surface area contributed by atoms with Crippen molar-refractivity contribution in [3.63, 3.8) is 0 Å². The molecule has 1 saturated carbocycles. The molecule has 3 rings (SSSR count). The van der Waals surface area contributed by atoms with Crippen LogP contribution >= 0.6 is 11.8 Å². The number of hydrogen-bond donors (Lipinski definition) is 1. The van der Waals surface area contributed by atoms with E-state index in [2.05, 4.69) is 16.6 Å². The minimum Gasteiger partial charge on any atom is -0.369 e. The fraction of sp³-hybridized carbons (Fsp3) is 0.643. The Bertz CT molecular complexity index is 591. The van der Waals surface area contributed by atoms with Gasteiger partial charge in [0, 0.05) is 30.6 Å². The van der Waals surface area contributed by atoms with Crippen LogP contribution in [0.15, 0.2) is 23.2 Å². The van der Waals surface area contributed by atoms with Crippen molar-refractivity contribution in [2.24, 2.45) is 0 Å². The highest BCUT2D eigenvalue weighted by molar-refractivity contribution is 8.00. The molecule has 0 unspecified atom stereocenters. The molecule has 0 bridgehead atoms. The van der Waals surface area contributed by atoms with Crippen LogP contribution in [0, 0.1) is 0 Å². The van der Waals surface area contributed by atoms with Crippen LogP contribution in [-0.4, -0.2) is 48.3 Å². The first-order chi connectivity index (χ1) is 10.1. The lowest BCUT2D eigenvalue weighted by Gasteiger charge is -2.16. The molecular weight excluding hydrogens is 306 g/mol. The average Bonchev–Trinajstić information content (AvgIpc) is 3.06. The van der Waals surface area contributed by atoms with Gasteiger partial charge in [-0.15, -0.1) is 0 Å². The lowest BCUT2D eigenvalue weighted by atomic mass is 10.4. The van der Waals surface area contributed by atoms with Crippen molar-refractivity contribution >= 4 is 27.6 Å². The van der Waals surface area contributed by atoms with Crippen molar-refractivity contribution in [2.45, 2.75) is 35.3 Å². The number of sulfonamides is 1. The topological polar surface area (TPSA) is 62.3 Å².